The van der Waals surface area contributed by atoms with Gasteiger partial charge in [0.15, 0.2) is 0 Å². The summed E-state index contributed by atoms with van der Waals surface area (Å²) in [7, 11) is 0. The lowest BCUT2D eigenvalue weighted by Crippen LogP contribution is -2.46. The molecule has 3 N–H and O–H groups in total. The molecule has 2 unspecified atom stereocenters. The van der Waals surface area contributed by atoms with Gasteiger partial charge in [-0.25, -0.2) is 4.98 Å². The summed E-state index contributed by atoms with van der Waals surface area (Å²) in [6, 6.07) is 4.56. The van der Waals surface area contributed by atoms with Crippen molar-refractivity contribution in [1.82, 2.24) is 10.3 Å². The second kappa shape index (κ2) is 7.17. The smallest absolute Gasteiger partial charge is 0.129 e. The highest BCUT2D eigenvalue weighted by Gasteiger charge is 2.20. The molecule has 0 spiro atoms. The maximum Gasteiger partial charge on any atom is 0.129 e. The summed E-state index contributed by atoms with van der Waals surface area (Å²) >= 11 is 5.73. The average Bonchev–Trinajstić information content (AvgIpc) is 2.30. The Labute approximate surface area is 114 Å². The number of halogens is 2. The van der Waals surface area contributed by atoms with Gasteiger partial charge < -0.3 is 11.1 Å². The highest BCUT2D eigenvalue weighted by Crippen LogP contribution is 2.17. The highest BCUT2D eigenvalue weighted by molar-refractivity contribution is 6.29. The maximum atomic E-state index is 6.07. The number of nitrogens with one attached hydrogen (secondary N) is 1. The predicted octanol–water partition coefficient (Wildman–Crippen LogP) is 2.52. The lowest BCUT2D eigenvalue weighted by molar-refractivity contribution is 0.326. The van der Waals surface area contributed by atoms with Gasteiger partial charge in [0, 0.05) is 24.8 Å². The molecule has 0 radical (unpaired) electrons. The number of hydrogen-bond donors (Lipinski definition) is 2. The van der Waals surface area contributed by atoms with E-state index < -0.39 is 0 Å². The molecule has 2 rings (SSSR count). The summed E-state index contributed by atoms with van der Waals surface area (Å²) in [5, 5.41) is 4.04. The van der Waals surface area contributed by atoms with Crippen molar-refractivity contribution in [1.29, 1.82) is 0 Å². The van der Waals surface area contributed by atoms with Crippen molar-refractivity contribution in [3.8, 4) is 0 Å². The zero-order valence-corrected chi connectivity index (χ0v) is 11.3. The Kier molecular flexibility index (Phi) is 6.20. The molecule has 3 nitrogen and oxygen atoms in total. The third-order valence-corrected chi connectivity index (χ3v) is 3.40. The van der Waals surface area contributed by atoms with E-state index >= 15 is 0 Å². The molecular formula is C12H19Cl2N3. The first kappa shape index (κ1) is 14.7. The van der Waals surface area contributed by atoms with E-state index in [1.54, 1.807) is 0 Å². The first-order chi connectivity index (χ1) is 7.75. The molecule has 1 fully saturated rings. The topological polar surface area (TPSA) is 50.9 Å². The average molecular weight is 276 g/mol. The van der Waals surface area contributed by atoms with E-state index in [4.69, 9.17) is 17.3 Å². The van der Waals surface area contributed by atoms with Crippen LogP contribution < -0.4 is 11.1 Å². The Morgan fingerprint density at radius 2 is 2.12 bits per heavy atom. The fraction of sp³-hybridized carbons (Fsp3) is 0.583. The van der Waals surface area contributed by atoms with Crippen molar-refractivity contribution in [3.05, 3.63) is 29.0 Å². The van der Waals surface area contributed by atoms with Gasteiger partial charge >= 0.3 is 0 Å². The third-order valence-electron chi connectivity index (χ3n) is 3.18. The number of hydrogen-bond acceptors (Lipinski definition) is 3. The van der Waals surface area contributed by atoms with Crippen LogP contribution in [0, 0.1) is 0 Å². The first-order valence-electron chi connectivity index (χ1n) is 5.85. The van der Waals surface area contributed by atoms with E-state index in [-0.39, 0.29) is 12.4 Å². The van der Waals surface area contributed by atoms with Gasteiger partial charge in [-0.3, -0.25) is 0 Å². The molecule has 1 saturated carbocycles. The number of aromatic nitrogens is 1. The van der Waals surface area contributed by atoms with Crippen molar-refractivity contribution in [3.63, 3.8) is 0 Å². The molecule has 96 valence electrons. The van der Waals surface area contributed by atoms with Crippen LogP contribution >= 0.6 is 24.0 Å². The largest absolute Gasteiger partial charge is 0.326 e. The van der Waals surface area contributed by atoms with Crippen molar-refractivity contribution in [2.24, 2.45) is 5.73 Å². The summed E-state index contributed by atoms with van der Waals surface area (Å²) in [5.41, 5.74) is 7.22. The van der Waals surface area contributed by atoms with Crippen LogP contribution in [0.3, 0.4) is 0 Å². The van der Waals surface area contributed by atoms with Crippen LogP contribution in [0.1, 0.15) is 31.2 Å². The molecule has 1 heterocycles. The second-order valence-electron chi connectivity index (χ2n) is 4.42. The number of rotatable bonds is 3. The Morgan fingerprint density at radius 1 is 1.35 bits per heavy atom. The van der Waals surface area contributed by atoms with Gasteiger partial charge in [0.25, 0.3) is 0 Å². The summed E-state index contributed by atoms with van der Waals surface area (Å²) in [5.74, 6) is 0. The van der Waals surface area contributed by atoms with Crippen molar-refractivity contribution >= 4 is 24.0 Å². The predicted molar refractivity (Wildman–Crippen MR) is 73.6 cm³/mol. The molecule has 2 atom stereocenters. The van der Waals surface area contributed by atoms with Crippen LogP contribution in [0.5, 0.6) is 0 Å². The quantitative estimate of drug-likeness (QED) is 0.834. The van der Waals surface area contributed by atoms with Gasteiger partial charge in [-0.2, -0.15) is 0 Å². The van der Waals surface area contributed by atoms with Crippen LogP contribution in [0.15, 0.2) is 18.3 Å². The molecule has 0 aliphatic heterocycles. The van der Waals surface area contributed by atoms with Gasteiger partial charge in [-0.15, -0.1) is 12.4 Å². The van der Waals surface area contributed by atoms with E-state index in [0.29, 0.717) is 17.2 Å². The minimum Gasteiger partial charge on any atom is -0.326 e. The molecule has 1 aliphatic carbocycles. The SMILES string of the molecule is Cl.NC1CCCCC1NCc1ccc(Cl)nc1. The normalized spacial score (nSPS) is 24.1. The summed E-state index contributed by atoms with van der Waals surface area (Å²) in [6.07, 6.45) is 6.68. The van der Waals surface area contributed by atoms with Gasteiger partial charge in [-0.1, -0.05) is 30.5 Å². The van der Waals surface area contributed by atoms with E-state index in [1.165, 1.54) is 19.3 Å². The molecule has 0 bridgehead atoms. The van der Waals surface area contributed by atoms with Gasteiger partial charge in [0.05, 0.1) is 0 Å². The molecule has 1 aliphatic rings. The molecule has 5 heteroatoms. The number of nitrogens with zero attached hydrogens (tertiary/aromatic N) is 1. The fourth-order valence-corrected chi connectivity index (χ4v) is 2.28. The summed E-state index contributed by atoms with van der Waals surface area (Å²) in [4.78, 5) is 4.06. The number of pyridine rings is 1. The molecular weight excluding hydrogens is 257 g/mol. The van der Waals surface area contributed by atoms with E-state index in [1.807, 2.05) is 18.3 Å². The first-order valence-corrected chi connectivity index (χ1v) is 6.23. The summed E-state index contributed by atoms with van der Waals surface area (Å²) in [6.45, 7) is 0.822. The van der Waals surface area contributed by atoms with Crippen LogP contribution in [-0.2, 0) is 6.54 Å². The third kappa shape index (κ3) is 4.43. The lowest BCUT2D eigenvalue weighted by atomic mass is 9.91. The molecule has 0 saturated heterocycles. The van der Waals surface area contributed by atoms with Gasteiger partial charge in [-0.05, 0) is 24.5 Å². The fourth-order valence-electron chi connectivity index (χ4n) is 2.17. The Hall–Kier alpha value is -0.350. The molecule has 0 aromatic carbocycles. The van der Waals surface area contributed by atoms with Crippen molar-refractivity contribution < 1.29 is 0 Å². The minimum atomic E-state index is 0. The molecule has 1 aromatic heterocycles. The monoisotopic (exact) mass is 275 g/mol. The Morgan fingerprint density at radius 3 is 2.76 bits per heavy atom. The van der Waals surface area contributed by atoms with Crippen LogP contribution in [-0.4, -0.2) is 17.1 Å². The van der Waals surface area contributed by atoms with Crippen LogP contribution in [0.25, 0.3) is 0 Å². The zero-order chi connectivity index (χ0) is 11.4. The highest BCUT2D eigenvalue weighted by atomic mass is 35.5. The standard InChI is InChI=1S/C12H18ClN3.ClH/c13-12-6-5-9(8-16-12)7-15-11-4-2-1-3-10(11)14;/h5-6,8,10-11,15H,1-4,7,14H2;1H. The number of nitrogens with two attached hydrogens (primary N) is 1. The van der Waals surface area contributed by atoms with E-state index in [2.05, 4.69) is 10.3 Å². The Bertz CT molecular complexity index is 329. The van der Waals surface area contributed by atoms with Crippen LogP contribution in [0.4, 0.5) is 0 Å². The van der Waals surface area contributed by atoms with Crippen LogP contribution in [0.2, 0.25) is 5.15 Å². The van der Waals surface area contributed by atoms with Gasteiger partial charge in [0.2, 0.25) is 0 Å². The van der Waals surface area contributed by atoms with E-state index in [9.17, 15) is 0 Å². The van der Waals surface area contributed by atoms with Gasteiger partial charge in [0.1, 0.15) is 5.15 Å². The Balaban J connectivity index is 0.00000144. The molecule has 17 heavy (non-hydrogen) atoms. The summed E-state index contributed by atoms with van der Waals surface area (Å²) < 4.78 is 0. The molecule has 1 aromatic rings. The molecule has 0 amide bonds. The van der Waals surface area contributed by atoms with Crippen molar-refractivity contribution in [2.75, 3.05) is 0 Å². The zero-order valence-electron chi connectivity index (χ0n) is 9.73. The van der Waals surface area contributed by atoms with E-state index in [0.717, 1.165) is 18.5 Å². The van der Waals surface area contributed by atoms with Crippen molar-refractivity contribution in [2.45, 2.75) is 44.3 Å². The minimum absolute atomic E-state index is 0. The second-order valence-corrected chi connectivity index (χ2v) is 4.81. The maximum absolute atomic E-state index is 6.07. The lowest BCUT2D eigenvalue weighted by Gasteiger charge is -2.29.